The molecule has 0 saturated carbocycles. The first-order chi connectivity index (χ1) is 11.5. The van der Waals surface area contributed by atoms with Crippen LogP contribution in [0.1, 0.15) is 5.56 Å². The Morgan fingerprint density at radius 2 is 1.54 bits per heavy atom. The highest BCUT2D eigenvalue weighted by molar-refractivity contribution is 5.95. The van der Waals surface area contributed by atoms with Crippen LogP contribution in [0.3, 0.4) is 0 Å². The summed E-state index contributed by atoms with van der Waals surface area (Å²) >= 11 is 0. The van der Waals surface area contributed by atoms with Gasteiger partial charge in [0.05, 0.1) is 33.4 Å². The molecule has 1 amide bonds. The average molecular weight is 330 g/mol. The highest BCUT2D eigenvalue weighted by Gasteiger charge is 2.18. The summed E-state index contributed by atoms with van der Waals surface area (Å²) in [5.74, 6) is 1.43. The molecular formula is C18H22N2O4. The lowest BCUT2D eigenvalue weighted by molar-refractivity contribution is -0.117. The van der Waals surface area contributed by atoms with Crippen molar-refractivity contribution in [1.82, 2.24) is 0 Å². The van der Waals surface area contributed by atoms with Crippen molar-refractivity contribution in [2.75, 3.05) is 39.0 Å². The van der Waals surface area contributed by atoms with Crippen molar-refractivity contribution in [3.05, 3.63) is 42.0 Å². The summed E-state index contributed by atoms with van der Waals surface area (Å²) in [6.07, 6.45) is 0.271. The molecule has 0 aliphatic heterocycles. The molecule has 2 aromatic rings. The minimum absolute atomic E-state index is 0.0611. The standard InChI is InChI=1S/C18H22N2O4/c1-20(17(21)9-12-5-7-13(19)8-6-12)14-10-15(22-2)18(24-4)16(11-14)23-3/h5-8,10-11H,9,19H2,1-4H3. The largest absolute Gasteiger partial charge is 0.493 e. The first-order valence-corrected chi connectivity index (χ1v) is 7.41. The van der Waals surface area contributed by atoms with Gasteiger partial charge in [-0.15, -0.1) is 0 Å². The average Bonchev–Trinajstić information content (AvgIpc) is 2.61. The maximum Gasteiger partial charge on any atom is 0.231 e. The number of methoxy groups -OCH3 is 3. The summed E-state index contributed by atoms with van der Waals surface area (Å²) < 4.78 is 15.9. The maximum atomic E-state index is 12.5. The SMILES string of the molecule is COc1cc(N(C)C(=O)Cc2ccc(N)cc2)cc(OC)c1OC. The number of hydrogen-bond donors (Lipinski definition) is 1. The minimum atomic E-state index is -0.0611. The van der Waals surface area contributed by atoms with E-state index in [1.807, 2.05) is 12.1 Å². The summed E-state index contributed by atoms with van der Waals surface area (Å²) in [4.78, 5) is 14.1. The Balaban J connectivity index is 2.26. The van der Waals surface area contributed by atoms with Crippen LogP contribution in [-0.2, 0) is 11.2 Å². The summed E-state index contributed by atoms with van der Waals surface area (Å²) in [7, 11) is 6.32. The minimum Gasteiger partial charge on any atom is -0.493 e. The first kappa shape index (κ1) is 17.5. The smallest absolute Gasteiger partial charge is 0.231 e. The van der Waals surface area contributed by atoms with Gasteiger partial charge in [0.2, 0.25) is 11.7 Å². The molecule has 24 heavy (non-hydrogen) atoms. The molecule has 128 valence electrons. The molecule has 0 fully saturated rings. The molecule has 0 aromatic heterocycles. The van der Waals surface area contributed by atoms with E-state index in [2.05, 4.69) is 0 Å². The fourth-order valence-corrected chi connectivity index (χ4v) is 2.33. The second-order valence-electron chi connectivity index (χ2n) is 5.25. The Hall–Kier alpha value is -2.89. The summed E-state index contributed by atoms with van der Waals surface area (Å²) in [6, 6.07) is 10.7. The summed E-state index contributed by atoms with van der Waals surface area (Å²) in [5.41, 5.74) is 7.89. The van der Waals surface area contributed by atoms with Crippen molar-refractivity contribution in [1.29, 1.82) is 0 Å². The number of carbonyl (C=O) groups excluding carboxylic acids is 1. The zero-order valence-electron chi connectivity index (χ0n) is 14.3. The molecule has 0 heterocycles. The molecule has 0 unspecified atom stereocenters. The topological polar surface area (TPSA) is 74.0 Å². The third kappa shape index (κ3) is 3.71. The van der Waals surface area contributed by atoms with Gasteiger partial charge in [-0.2, -0.15) is 0 Å². The van der Waals surface area contributed by atoms with Crippen molar-refractivity contribution >= 4 is 17.3 Å². The van der Waals surface area contributed by atoms with Gasteiger partial charge >= 0.3 is 0 Å². The number of benzene rings is 2. The number of hydrogen-bond acceptors (Lipinski definition) is 5. The molecule has 6 nitrogen and oxygen atoms in total. The third-order valence-electron chi connectivity index (χ3n) is 3.75. The Bertz CT molecular complexity index is 688. The van der Waals surface area contributed by atoms with Crippen LogP contribution in [0.15, 0.2) is 36.4 Å². The van der Waals surface area contributed by atoms with E-state index in [1.165, 1.54) is 21.3 Å². The van der Waals surface area contributed by atoms with Gasteiger partial charge < -0.3 is 24.8 Å². The van der Waals surface area contributed by atoms with Gasteiger partial charge in [-0.1, -0.05) is 12.1 Å². The van der Waals surface area contributed by atoms with Crippen LogP contribution in [-0.4, -0.2) is 34.3 Å². The molecule has 2 rings (SSSR count). The zero-order chi connectivity index (χ0) is 17.7. The Labute approximate surface area is 141 Å². The van der Waals surface area contributed by atoms with Gasteiger partial charge in [-0.25, -0.2) is 0 Å². The van der Waals surface area contributed by atoms with E-state index < -0.39 is 0 Å². The van der Waals surface area contributed by atoms with Crippen molar-refractivity contribution in [2.24, 2.45) is 0 Å². The number of nitrogens with zero attached hydrogens (tertiary/aromatic N) is 1. The van der Waals surface area contributed by atoms with Crippen LogP contribution >= 0.6 is 0 Å². The van der Waals surface area contributed by atoms with Crippen LogP contribution in [0.2, 0.25) is 0 Å². The zero-order valence-corrected chi connectivity index (χ0v) is 14.3. The molecular weight excluding hydrogens is 308 g/mol. The molecule has 0 saturated heterocycles. The molecule has 2 aromatic carbocycles. The quantitative estimate of drug-likeness (QED) is 0.824. The Kier molecular flexibility index (Phi) is 5.52. The predicted molar refractivity (Wildman–Crippen MR) is 94.1 cm³/mol. The summed E-state index contributed by atoms with van der Waals surface area (Å²) in [5, 5.41) is 0. The van der Waals surface area contributed by atoms with Crippen LogP contribution in [0.5, 0.6) is 17.2 Å². The fourth-order valence-electron chi connectivity index (χ4n) is 2.33. The van der Waals surface area contributed by atoms with E-state index in [0.29, 0.717) is 28.6 Å². The lowest BCUT2D eigenvalue weighted by Crippen LogP contribution is -2.27. The van der Waals surface area contributed by atoms with Gasteiger partial charge in [0.15, 0.2) is 11.5 Å². The van der Waals surface area contributed by atoms with Crippen molar-refractivity contribution < 1.29 is 19.0 Å². The van der Waals surface area contributed by atoms with Crippen LogP contribution < -0.4 is 24.8 Å². The number of amides is 1. The van der Waals surface area contributed by atoms with E-state index in [1.54, 1.807) is 36.2 Å². The molecule has 0 aliphatic rings. The molecule has 0 radical (unpaired) electrons. The highest BCUT2D eigenvalue weighted by Crippen LogP contribution is 2.40. The number of nitrogen functional groups attached to an aromatic ring is 1. The number of likely N-dealkylation sites (N-methyl/N-ethyl adjacent to an activating group) is 1. The second kappa shape index (κ2) is 7.59. The lowest BCUT2D eigenvalue weighted by Gasteiger charge is -2.21. The van der Waals surface area contributed by atoms with E-state index in [0.717, 1.165) is 5.56 Å². The molecule has 6 heteroatoms. The van der Waals surface area contributed by atoms with Gasteiger partial charge in [-0.05, 0) is 17.7 Å². The molecule has 0 bridgehead atoms. The van der Waals surface area contributed by atoms with Crippen molar-refractivity contribution in [3.8, 4) is 17.2 Å². The Morgan fingerprint density at radius 1 is 1.00 bits per heavy atom. The third-order valence-corrected chi connectivity index (χ3v) is 3.75. The number of anilines is 2. The van der Waals surface area contributed by atoms with Gasteiger partial charge in [0.1, 0.15) is 0 Å². The van der Waals surface area contributed by atoms with Crippen molar-refractivity contribution in [2.45, 2.75) is 6.42 Å². The maximum absolute atomic E-state index is 12.5. The first-order valence-electron chi connectivity index (χ1n) is 7.41. The Morgan fingerprint density at radius 3 is 2.00 bits per heavy atom. The van der Waals surface area contributed by atoms with E-state index in [9.17, 15) is 4.79 Å². The van der Waals surface area contributed by atoms with Crippen LogP contribution in [0.25, 0.3) is 0 Å². The summed E-state index contributed by atoms with van der Waals surface area (Å²) in [6.45, 7) is 0. The monoisotopic (exact) mass is 330 g/mol. The molecule has 2 N–H and O–H groups in total. The number of nitrogens with two attached hydrogens (primary N) is 1. The number of carbonyl (C=O) groups is 1. The highest BCUT2D eigenvalue weighted by atomic mass is 16.5. The van der Waals surface area contributed by atoms with E-state index in [4.69, 9.17) is 19.9 Å². The second-order valence-corrected chi connectivity index (χ2v) is 5.25. The predicted octanol–water partition coefficient (Wildman–Crippen LogP) is 2.50. The number of rotatable bonds is 6. The normalized spacial score (nSPS) is 10.2. The lowest BCUT2D eigenvalue weighted by atomic mass is 10.1. The molecule has 0 spiro atoms. The van der Waals surface area contributed by atoms with Gasteiger partial charge in [0.25, 0.3) is 0 Å². The van der Waals surface area contributed by atoms with E-state index >= 15 is 0 Å². The van der Waals surface area contributed by atoms with Crippen molar-refractivity contribution in [3.63, 3.8) is 0 Å². The van der Waals surface area contributed by atoms with Gasteiger partial charge in [0, 0.05) is 24.9 Å². The fraction of sp³-hybridized carbons (Fsp3) is 0.278. The van der Waals surface area contributed by atoms with E-state index in [-0.39, 0.29) is 12.3 Å². The van der Waals surface area contributed by atoms with Crippen LogP contribution in [0.4, 0.5) is 11.4 Å². The van der Waals surface area contributed by atoms with Gasteiger partial charge in [-0.3, -0.25) is 4.79 Å². The van der Waals surface area contributed by atoms with Crippen LogP contribution in [0, 0.1) is 0 Å². The molecule has 0 atom stereocenters. The molecule has 0 aliphatic carbocycles. The number of ether oxygens (including phenoxy) is 3.